The molecule has 0 saturated carbocycles. The Balaban J connectivity index is 2.15. The summed E-state index contributed by atoms with van der Waals surface area (Å²) in [6, 6.07) is 7.98. The molecular weight excluding hydrogens is 302 g/mol. The molecule has 0 radical (unpaired) electrons. The number of benzene rings is 1. The van der Waals surface area contributed by atoms with E-state index >= 15 is 0 Å². The van der Waals surface area contributed by atoms with Crippen LogP contribution in [0.2, 0.25) is 0 Å². The summed E-state index contributed by atoms with van der Waals surface area (Å²) in [5.41, 5.74) is 5.27. The van der Waals surface area contributed by atoms with E-state index in [-0.39, 0.29) is 13.2 Å². The molecular formula is C15H19N3O5. The summed E-state index contributed by atoms with van der Waals surface area (Å²) in [5, 5.41) is 8.67. The minimum absolute atomic E-state index is 0.193. The van der Waals surface area contributed by atoms with Gasteiger partial charge in [0.25, 0.3) is 11.8 Å². The molecule has 0 spiro atoms. The molecule has 0 fully saturated rings. The van der Waals surface area contributed by atoms with Crippen molar-refractivity contribution in [2.75, 3.05) is 40.1 Å². The van der Waals surface area contributed by atoms with Crippen molar-refractivity contribution in [2.45, 2.75) is 0 Å². The highest BCUT2D eigenvalue weighted by atomic mass is 16.5. The van der Waals surface area contributed by atoms with Crippen molar-refractivity contribution in [1.29, 1.82) is 5.26 Å². The third kappa shape index (κ3) is 7.92. The molecule has 1 rings (SSSR count). The molecule has 2 N–H and O–H groups in total. The molecule has 1 aromatic carbocycles. The lowest BCUT2D eigenvalue weighted by molar-refractivity contribution is -0.127. The second-order valence-corrected chi connectivity index (χ2v) is 4.35. The van der Waals surface area contributed by atoms with Crippen molar-refractivity contribution >= 4 is 11.8 Å². The van der Waals surface area contributed by atoms with Crippen molar-refractivity contribution in [2.24, 2.45) is 0 Å². The van der Waals surface area contributed by atoms with Crippen LogP contribution in [0.5, 0.6) is 0 Å². The lowest BCUT2D eigenvalue weighted by Crippen LogP contribution is -2.43. The number of carbonyl (C=O) groups is 2. The molecule has 0 unspecified atom stereocenters. The fraction of sp³-hybridized carbons (Fsp3) is 0.400. The van der Waals surface area contributed by atoms with Gasteiger partial charge in [0, 0.05) is 12.7 Å². The zero-order chi connectivity index (χ0) is 16.9. The van der Waals surface area contributed by atoms with Crippen LogP contribution in [-0.4, -0.2) is 52.0 Å². The number of hydrazine groups is 1. The van der Waals surface area contributed by atoms with Gasteiger partial charge in [0.1, 0.15) is 6.61 Å². The van der Waals surface area contributed by atoms with Gasteiger partial charge in [-0.05, 0) is 24.3 Å². The number of amides is 2. The Kier molecular flexibility index (Phi) is 9.00. The first kappa shape index (κ1) is 18.6. The van der Waals surface area contributed by atoms with Crippen LogP contribution in [0.25, 0.3) is 0 Å². The molecule has 8 heteroatoms. The highest BCUT2D eigenvalue weighted by Crippen LogP contribution is 2.02. The Bertz CT molecular complexity index is 539. The van der Waals surface area contributed by atoms with E-state index < -0.39 is 11.8 Å². The summed E-state index contributed by atoms with van der Waals surface area (Å²) in [6.07, 6.45) is 0. The van der Waals surface area contributed by atoms with Gasteiger partial charge in [-0.1, -0.05) is 0 Å². The Morgan fingerprint density at radius 2 is 1.70 bits per heavy atom. The van der Waals surface area contributed by atoms with E-state index in [2.05, 4.69) is 10.9 Å². The van der Waals surface area contributed by atoms with Crippen LogP contribution in [0.4, 0.5) is 0 Å². The zero-order valence-corrected chi connectivity index (χ0v) is 12.8. The number of nitriles is 1. The van der Waals surface area contributed by atoms with Gasteiger partial charge in [-0.25, -0.2) is 0 Å². The lowest BCUT2D eigenvalue weighted by atomic mass is 10.1. The van der Waals surface area contributed by atoms with E-state index in [0.717, 1.165) is 0 Å². The summed E-state index contributed by atoms with van der Waals surface area (Å²) in [4.78, 5) is 23.2. The fourth-order valence-corrected chi connectivity index (χ4v) is 1.46. The van der Waals surface area contributed by atoms with Gasteiger partial charge in [0.15, 0.2) is 0 Å². The Labute approximate surface area is 134 Å². The van der Waals surface area contributed by atoms with Gasteiger partial charge in [-0.2, -0.15) is 5.26 Å². The predicted molar refractivity (Wildman–Crippen MR) is 80.3 cm³/mol. The number of hydrogen-bond acceptors (Lipinski definition) is 6. The van der Waals surface area contributed by atoms with Crippen molar-refractivity contribution < 1.29 is 23.8 Å². The topological polar surface area (TPSA) is 110 Å². The normalized spacial score (nSPS) is 9.91. The smallest absolute Gasteiger partial charge is 0.269 e. The molecule has 23 heavy (non-hydrogen) atoms. The summed E-state index contributed by atoms with van der Waals surface area (Å²) >= 11 is 0. The first-order valence-electron chi connectivity index (χ1n) is 6.91. The van der Waals surface area contributed by atoms with Gasteiger partial charge in [0.2, 0.25) is 0 Å². The van der Waals surface area contributed by atoms with Crippen LogP contribution in [0.3, 0.4) is 0 Å². The molecule has 0 atom stereocenters. The Hall–Kier alpha value is -2.47. The number of carbonyl (C=O) groups excluding carboxylic acids is 2. The molecule has 1 aromatic rings. The van der Waals surface area contributed by atoms with Crippen LogP contribution in [-0.2, 0) is 19.0 Å². The van der Waals surface area contributed by atoms with Crippen molar-refractivity contribution in [3.63, 3.8) is 0 Å². The van der Waals surface area contributed by atoms with Crippen molar-refractivity contribution in [3.05, 3.63) is 35.4 Å². The Morgan fingerprint density at radius 3 is 2.35 bits per heavy atom. The Morgan fingerprint density at radius 1 is 1.04 bits per heavy atom. The summed E-state index contributed by atoms with van der Waals surface area (Å²) in [6.45, 7) is 1.39. The quantitative estimate of drug-likeness (QED) is 0.489. The van der Waals surface area contributed by atoms with E-state index in [1.165, 1.54) is 24.3 Å². The van der Waals surface area contributed by atoms with E-state index in [9.17, 15) is 9.59 Å². The number of nitrogens with one attached hydrogen (secondary N) is 2. The summed E-state index contributed by atoms with van der Waals surface area (Å²) in [5.74, 6) is -0.963. The summed E-state index contributed by atoms with van der Waals surface area (Å²) in [7, 11) is 1.58. The second kappa shape index (κ2) is 11.1. The van der Waals surface area contributed by atoms with E-state index in [1.807, 2.05) is 6.07 Å². The number of nitrogens with zero attached hydrogens (tertiary/aromatic N) is 1. The molecule has 2 amide bonds. The molecule has 124 valence electrons. The molecule has 0 aromatic heterocycles. The van der Waals surface area contributed by atoms with Gasteiger partial charge >= 0.3 is 0 Å². The first-order valence-corrected chi connectivity index (χ1v) is 6.91. The largest absolute Gasteiger partial charge is 0.382 e. The van der Waals surface area contributed by atoms with E-state index in [0.29, 0.717) is 30.9 Å². The average Bonchev–Trinajstić information content (AvgIpc) is 2.59. The SMILES string of the molecule is COCCOCCOCC(=O)NNC(=O)c1ccc(C#N)cc1. The van der Waals surface area contributed by atoms with E-state index in [4.69, 9.17) is 19.5 Å². The minimum Gasteiger partial charge on any atom is -0.382 e. The minimum atomic E-state index is -0.483. The molecule has 0 aliphatic carbocycles. The molecule has 0 aliphatic rings. The fourth-order valence-electron chi connectivity index (χ4n) is 1.46. The number of methoxy groups -OCH3 is 1. The van der Waals surface area contributed by atoms with Crippen LogP contribution in [0.15, 0.2) is 24.3 Å². The second-order valence-electron chi connectivity index (χ2n) is 4.35. The van der Waals surface area contributed by atoms with Crippen molar-refractivity contribution in [1.82, 2.24) is 10.9 Å². The monoisotopic (exact) mass is 321 g/mol. The zero-order valence-electron chi connectivity index (χ0n) is 12.8. The number of ether oxygens (including phenoxy) is 3. The maximum absolute atomic E-state index is 11.7. The molecule has 0 aliphatic heterocycles. The number of hydrogen-bond donors (Lipinski definition) is 2. The van der Waals surface area contributed by atoms with Crippen LogP contribution >= 0.6 is 0 Å². The number of rotatable bonds is 9. The first-order chi connectivity index (χ1) is 11.2. The van der Waals surface area contributed by atoms with E-state index in [1.54, 1.807) is 7.11 Å². The van der Waals surface area contributed by atoms with Crippen LogP contribution in [0.1, 0.15) is 15.9 Å². The predicted octanol–water partition coefficient (Wildman–Crippen LogP) is -0.00112. The molecule has 0 bridgehead atoms. The lowest BCUT2D eigenvalue weighted by Gasteiger charge is -2.08. The maximum Gasteiger partial charge on any atom is 0.269 e. The standard InChI is InChI=1S/C15H19N3O5/c1-21-6-7-22-8-9-23-11-14(19)17-18-15(20)13-4-2-12(10-16)3-5-13/h2-5H,6-9,11H2,1H3,(H,17,19)(H,18,20). The maximum atomic E-state index is 11.7. The third-order valence-corrected chi connectivity index (χ3v) is 2.63. The highest BCUT2D eigenvalue weighted by Gasteiger charge is 2.07. The average molecular weight is 321 g/mol. The van der Waals surface area contributed by atoms with Gasteiger partial charge < -0.3 is 14.2 Å². The molecule has 8 nitrogen and oxygen atoms in total. The van der Waals surface area contributed by atoms with Crippen LogP contribution in [0, 0.1) is 11.3 Å². The molecule has 0 saturated heterocycles. The van der Waals surface area contributed by atoms with Gasteiger partial charge in [-0.15, -0.1) is 0 Å². The van der Waals surface area contributed by atoms with Crippen molar-refractivity contribution in [3.8, 4) is 6.07 Å². The van der Waals surface area contributed by atoms with Gasteiger partial charge in [0.05, 0.1) is 38.1 Å². The highest BCUT2D eigenvalue weighted by molar-refractivity contribution is 5.95. The van der Waals surface area contributed by atoms with Crippen LogP contribution < -0.4 is 10.9 Å². The third-order valence-electron chi connectivity index (χ3n) is 2.63. The summed E-state index contributed by atoms with van der Waals surface area (Å²) < 4.78 is 15.0. The van der Waals surface area contributed by atoms with Gasteiger partial charge in [-0.3, -0.25) is 20.4 Å². The molecule has 0 heterocycles.